The molecule has 1 aromatic carbocycles. The molecule has 2 rings (SSSR count). The third-order valence-electron chi connectivity index (χ3n) is 4.03. The maximum Gasteiger partial charge on any atom is 0.234 e. The van der Waals surface area contributed by atoms with Gasteiger partial charge in [-0.2, -0.15) is 0 Å². The van der Waals surface area contributed by atoms with Gasteiger partial charge in [0.25, 0.3) is 0 Å². The molecule has 0 spiro atoms. The van der Waals surface area contributed by atoms with Gasteiger partial charge in [-0.15, -0.1) is 0 Å². The Kier molecular flexibility index (Phi) is 5.97. The zero-order valence-electron chi connectivity index (χ0n) is 13.0. The van der Waals surface area contributed by atoms with Crippen molar-refractivity contribution in [2.45, 2.75) is 25.3 Å². The predicted molar refractivity (Wildman–Crippen MR) is 87.5 cm³/mol. The summed E-state index contributed by atoms with van der Waals surface area (Å²) in [5, 5.41) is 2.90. The zero-order valence-corrected chi connectivity index (χ0v) is 13.8. The summed E-state index contributed by atoms with van der Waals surface area (Å²) in [6.45, 7) is 0.899. The molecule has 5 nitrogen and oxygen atoms in total. The van der Waals surface area contributed by atoms with Crippen LogP contribution in [0.1, 0.15) is 18.4 Å². The standard InChI is InChI=1S/C16H24N2O3S/c1-18(15-9-11-22(20,21)13-15)12-16(19)17-10-5-8-14-6-3-2-4-7-14/h2-4,6-7,15H,5,8-13H2,1H3,(H,17,19). The van der Waals surface area contributed by atoms with Gasteiger partial charge in [-0.1, -0.05) is 30.3 Å². The number of carbonyl (C=O) groups is 1. The van der Waals surface area contributed by atoms with Gasteiger partial charge in [0.15, 0.2) is 9.84 Å². The first-order valence-corrected chi connectivity index (χ1v) is 9.50. The molecule has 22 heavy (non-hydrogen) atoms. The highest BCUT2D eigenvalue weighted by molar-refractivity contribution is 7.91. The number of carbonyl (C=O) groups excluding carboxylic acids is 1. The van der Waals surface area contributed by atoms with E-state index in [1.807, 2.05) is 30.1 Å². The second-order valence-corrected chi connectivity index (χ2v) is 8.14. The summed E-state index contributed by atoms with van der Waals surface area (Å²) in [5.41, 5.74) is 1.27. The Labute approximate surface area is 132 Å². The number of hydrogen-bond donors (Lipinski definition) is 1. The van der Waals surface area contributed by atoms with E-state index in [1.54, 1.807) is 0 Å². The quantitative estimate of drug-likeness (QED) is 0.755. The Hall–Kier alpha value is -1.40. The number of amides is 1. The minimum Gasteiger partial charge on any atom is -0.355 e. The number of benzene rings is 1. The Morgan fingerprint density at radius 1 is 1.32 bits per heavy atom. The van der Waals surface area contributed by atoms with Gasteiger partial charge in [0, 0.05) is 12.6 Å². The fourth-order valence-electron chi connectivity index (χ4n) is 2.70. The normalized spacial score (nSPS) is 20.2. The molecule has 1 heterocycles. The highest BCUT2D eigenvalue weighted by Crippen LogP contribution is 2.15. The number of aryl methyl sites for hydroxylation is 1. The van der Waals surface area contributed by atoms with E-state index in [9.17, 15) is 13.2 Å². The lowest BCUT2D eigenvalue weighted by Crippen LogP contribution is -2.41. The second kappa shape index (κ2) is 7.74. The Morgan fingerprint density at radius 3 is 2.68 bits per heavy atom. The third kappa shape index (κ3) is 5.42. The van der Waals surface area contributed by atoms with Gasteiger partial charge in [-0.25, -0.2) is 8.42 Å². The Balaban J connectivity index is 1.63. The van der Waals surface area contributed by atoms with Crippen molar-refractivity contribution in [1.29, 1.82) is 0 Å². The van der Waals surface area contributed by atoms with Gasteiger partial charge in [-0.05, 0) is 31.9 Å². The topological polar surface area (TPSA) is 66.5 Å². The van der Waals surface area contributed by atoms with Crippen molar-refractivity contribution in [3.8, 4) is 0 Å². The molecule has 0 bridgehead atoms. The summed E-state index contributed by atoms with van der Waals surface area (Å²) in [5.74, 6) is 0.366. The second-order valence-electron chi connectivity index (χ2n) is 5.91. The van der Waals surface area contributed by atoms with Crippen molar-refractivity contribution in [2.75, 3.05) is 31.6 Å². The molecule has 1 aromatic rings. The van der Waals surface area contributed by atoms with Crippen LogP contribution in [0.2, 0.25) is 0 Å². The average molecular weight is 324 g/mol. The van der Waals surface area contributed by atoms with Crippen LogP contribution >= 0.6 is 0 Å². The molecule has 0 aromatic heterocycles. The number of hydrogen-bond acceptors (Lipinski definition) is 4. The van der Waals surface area contributed by atoms with Crippen molar-refractivity contribution in [2.24, 2.45) is 0 Å². The van der Waals surface area contributed by atoms with Crippen molar-refractivity contribution in [1.82, 2.24) is 10.2 Å². The van der Waals surface area contributed by atoms with E-state index >= 15 is 0 Å². The molecule has 1 fully saturated rings. The van der Waals surface area contributed by atoms with E-state index in [0.29, 0.717) is 13.0 Å². The molecule has 0 radical (unpaired) electrons. The van der Waals surface area contributed by atoms with Gasteiger partial charge in [0.1, 0.15) is 0 Å². The third-order valence-corrected chi connectivity index (χ3v) is 5.78. The molecule has 1 saturated heterocycles. The fraction of sp³-hybridized carbons (Fsp3) is 0.562. The van der Waals surface area contributed by atoms with Crippen molar-refractivity contribution in [3.63, 3.8) is 0 Å². The SMILES string of the molecule is CN(CC(=O)NCCCc1ccccc1)C1CCS(=O)(=O)C1. The Morgan fingerprint density at radius 2 is 2.05 bits per heavy atom. The lowest BCUT2D eigenvalue weighted by Gasteiger charge is -2.22. The molecular weight excluding hydrogens is 300 g/mol. The molecule has 1 N–H and O–H groups in total. The zero-order chi connectivity index (χ0) is 16.0. The Bertz CT molecular complexity index is 587. The van der Waals surface area contributed by atoms with E-state index in [2.05, 4.69) is 17.4 Å². The highest BCUT2D eigenvalue weighted by atomic mass is 32.2. The van der Waals surface area contributed by atoms with E-state index in [4.69, 9.17) is 0 Å². The lowest BCUT2D eigenvalue weighted by molar-refractivity contribution is -0.122. The largest absolute Gasteiger partial charge is 0.355 e. The van der Waals surface area contributed by atoms with E-state index in [-0.39, 0.29) is 30.0 Å². The summed E-state index contributed by atoms with van der Waals surface area (Å²) < 4.78 is 22.9. The van der Waals surface area contributed by atoms with Crippen LogP contribution in [0.15, 0.2) is 30.3 Å². The summed E-state index contributed by atoms with van der Waals surface area (Å²) in [7, 11) is -1.09. The first kappa shape index (κ1) is 17.0. The number of rotatable bonds is 7. The van der Waals surface area contributed by atoms with Crippen LogP contribution in [-0.2, 0) is 21.1 Å². The van der Waals surface area contributed by atoms with E-state index < -0.39 is 9.84 Å². The van der Waals surface area contributed by atoms with E-state index in [0.717, 1.165) is 12.8 Å². The van der Waals surface area contributed by atoms with Gasteiger partial charge >= 0.3 is 0 Å². The monoisotopic (exact) mass is 324 g/mol. The summed E-state index contributed by atoms with van der Waals surface area (Å²) in [4.78, 5) is 13.7. The van der Waals surface area contributed by atoms with Crippen LogP contribution in [0.25, 0.3) is 0 Å². The molecule has 6 heteroatoms. The molecule has 1 unspecified atom stereocenters. The first-order chi connectivity index (χ1) is 10.5. The molecular formula is C16H24N2O3S. The first-order valence-electron chi connectivity index (χ1n) is 7.67. The van der Waals surface area contributed by atoms with Gasteiger partial charge < -0.3 is 5.32 Å². The van der Waals surface area contributed by atoms with Crippen molar-refractivity contribution < 1.29 is 13.2 Å². The molecule has 122 valence electrons. The fourth-order valence-corrected chi connectivity index (χ4v) is 4.50. The maximum absolute atomic E-state index is 11.9. The highest BCUT2D eigenvalue weighted by Gasteiger charge is 2.31. The van der Waals surface area contributed by atoms with Crippen LogP contribution in [-0.4, -0.2) is 56.9 Å². The number of nitrogens with one attached hydrogen (secondary N) is 1. The van der Waals surface area contributed by atoms with Crippen molar-refractivity contribution >= 4 is 15.7 Å². The average Bonchev–Trinajstić information content (AvgIpc) is 2.85. The smallest absolute Gasteiger partial charge is 0.234 e. The van der Waals surface area contributed by atoms with Gasteiger partial charge in [-0.3, -0.25) is 9.69 Å². The van der Waals surface area contributed by atoms with Gasteiger partial charge in [0.05, 0.1) is 18.1 Å². The van der Waals surface area contributed by atoms with Crippen molar-refractivity contribution in [3.05, 3.63) is 35.9 Å². The van der Waals surface area contributed by atoms with Crippen LogP contribution in [0.3, 0.4) is 0 Å². The molecule has 0 saturated carbocycles. The number of nitrogens with zero attached hydrogens (tertiary/aromatic N) is 1. The summed E-state index contributed by atoms with van der Waals surface area (Å²) in [6, 6.07) is 10.1. The summed E-state index contributed by atoms with van der Waals surface area (Å²) >= 11 is 0. The van der Waals surface area contributed by atoms with Gasteiger partial charge in [0.2, 0.25) is 5.91 Å². The molecule has 1 amide bonds. The molecule has 1 aliphatic heterocycles. The van der Waals surface area contributed by atoms with Crippen LogP contribution in [0.5, 0.6) is 0 Å². The molecule has 1 atom stereocenters. The van der Waals surface area contributed by atoms with Crippen LogP contribution in [0.4, 0.5) is 0 Å². The summed E-state index contributed by atoms with van der Waals surface area (Å²) in [6.07, 6.45) is 2.47. The number of sulfone groups is 1. The van der Waals surface area contributed by atoms with Crippen LogP contribution in [0, 0.1) is 0 Å². The number of likely N-dealkylation sites (N-methyl/N-ethyl adjacent to an activating group) is 1. The minimum absolute atomic E-state index is 0.0277. The van der Waals surface area contributed by atoms with E-state index in [1.165, 1.54) is 5.56 Å². The molecule has 1 aliphatic rings. The minimum atomic E-state index is -2.90. The predicted octanol–water partition coefficient (Wildman–Crippen LogP) is 0.854. The lowest BCUT2D eigenvalue weighted by atomic mass is 10.1. The molecule has 0 aliphatic carbocycles. The van der Waals surface area contributed by atoms with Crippen LogP contribution < -0.4 is 5.32 Å². The maximum atomic E-state index is 11.9.